The lowest BCUT2D eigenvalue weighted by atomic mass is 10.1. The number of rotatable bonds is 5. The Labute approximate surface area is 198 Å². The van der Waals surface area contributed by atoms with Crippen molar-refractivity contribution in [3.63, 3.8) is 0 Å². The van der Waals surface area contributed by atoms with Gasteiger partial charge in [-0.05, 0) is 62.7 Å². The Bertz CT molecular complexity index is 1280. The SMILES string of the molecule is COc1ccc(N2CCCN(C(=O)c3cc(-c4ccco4)nc4c3cnn4C(C)C)CC2)cc1. The fourth-order valence-corrected chi connectivity index (χ4v) is 4.47. The second-order valence-electron chi connectivity index (χ2n) is 8.78. The van der Waals surface area contributed by atoms with Gasteiger partial charge in [0.15, 0.2) is 11.4 Å². The standard InChI is InChI=1S/C26H29N5O3/c1-18(2)31-25-22(17-27-31)21(16-23(28-25)24-6-4-15-34-24)26(32)30-12-5-11-29(13-14-30)19-7-9-20(33-3)10-8-19/h4,6-10,15-18H,5,11-14H2,1-3H3. The highest BCUT2D eigenvalue weighted by atomic mass is 16.5. The monoisotopic (exact) mass is 459 g/mol. The molecule has 4 heterocycles. The number of ether oxygens (including phenoxy) is 1. The molecule has 1 aliphatic rings. The number of carbonyl (C=O) groups excluding carboxylic acids is 1. The third-order valence-corrected chi connectivity index (χ3v) is 6.28. The minimum Gasteiger partial charge on any atom is -0.497 e. The average Bonchev–Trinajstić information content (AvgIpc) is 3.48. The molecule has 0 radical (unpaired) electrons. The van der Waals surface area contributed by atoms with Gasteiger partial charge in [-0.25, -0.2) is 9.67 Å². The summed E-state index contributed by atoms with van der Waals surface area (Å²) >= 11 is 0. The fraction of sp³-hybridized carbons (Fsp3) is 0.346. The van der Waals surface area contributed by atoms with Crippen molar-refractivity contribution in [1.29, 1.82) is 0 Å². The summed E-state index contributed by atoms with van der Waals surface area (Å²) in [5.74, 6) is 1.47. The third-order valence-electron chi connectivity index (χ3n) is 6.28. The van der Waals surface area contributed by atoms with Crippen molar-refractivity contribution in [3.05, 3.63) is 60.5 Å². The van der Waals surface area contributed by atoms with Crippen LogP contribution < -0.4 is 9.64 Å². The number of methoxy groups -OCH3 is 1. The van der Waals surface area contributed by atoms with Crippen LogP contribution in [-0.4, -0.2) is 58.9 Å². The van der Waals surface area contributed by atoms with E-state index in [0.29, 0.717) is 35.8 Å². The first-order valence-electron chi connectivity index (χ1n) is 11.7. The molecule has 1 aromatic carbocycles. The van der Waals surface area contributed by atoms with Crippen LogP contribution in [0.25, 0.3) is 22.5 Å². The van der Waals surface area contributed by atoms with Gasteiger partial charge in [-0.3, -0.25) is 4.79 Å². The number of furan rings is 1. The maximum absolute atomic E-state index is 13.8. The summed E-state index contributed by atoms with van der Waals surface area (Å²) in [5, 5.41) is 5.29. The predicted molar refractivity (Wildman–Crippen MR) is 131 cm³/mol. The molecule has 0 atom stereocenters. The van der Waals surface area contributed by atoms with Crippen molar-refractivity contribution in [1.82, 2.24) is 19.7 Å². The van der Waals surface area contributed by atoms with Gasteiger partial charge in [-0.2, -0.15) is 5.10 Å². The van der Waals surface area contributed by atoms with E-state index in [4.69, 9.17) is 14.1 Å². The molecule has 1 aliphatic heterocycles. The lowest BCUT2D eigenvalue weighted by Gasteiger charge is -2.24. The van der Waals surface area contributed by atoms with Crippen LogP contribution in [0.15, 0.2) is 59.3 Å². The minimum atomic E-state index is 0.0000863. The summed E-state index contributed by atoms with van der Waals surface area (Å²) in [6, 6.07) is 13.7. The fourth-order valence-electron chi connectivity index (χ4n) is 4.47. The number of hydrogen-bond donors (Lipinski definition) is 0. The molecule has 34 heavy (non-hydrogen) atoms. The zero-order chi connectivity index (χ0) is 23.7. The van der Waals surface area contributed by atoms with Crippen molar-refractivity contribution >= 4 is 22.6 Å². The summed E-state index contributed by atoms with van der Waals surface area (Å²) in [6.07, 6.45) is 4.26. The van der Waals surface area contributed by atoms with Gasteiger partial charge in [0, 0.05) is 37.9 Å². The summed E-state index contributed by atoms with van der Waals surface area (Å²) in [7, 11) is 1.67. The summed E-state index contributed by atoms with van der Waals surface area (Å²) in [5.41, 5.74) is 3.08. The molecule has 0 spiro atoms. The summed E-state index contributed by atoms with van der Waals surface area (Å²) in [4.78, 5) is 22.8. The largest absolute Gasteiger partial charge is 0.497 e. The molecule has 1 amide bonds. The highest BCUT2D eigenvalue weighted by Crippen LogP contribution is 2.28. The van der Waals surface area contributed by atoms with Crippen LogP contribution in [0.1, 0.15) is 36.7 Å². The smallest absolute Gasteiger partial charge is 0.254 e. The number of benzene rings is 1. The molecule has 176 valence electrons. The number of pyridine rings is 1. The van der Waals surface area contributed by atoms with E-state index in [9.17, 15) is 4.79 Å². The molecular formula is C26H29N5O3. The molecule has 5 rings (SSSR count). The molecule has 0 aliphatic carbocycles. The highest BCUT2D eigenvalue weighted by molar-refractivity contribution is 6.06. The number of aromatic nitrogens is 3. The van der Waals surface area contributed by atoms with Crippen LogP contribution in [0.5, 0.6) is 5.75 Å². The van der Waals surface area contributed by atoms with E-state index in [-0.39, 0.29) is 11.9 Å². The van der Waals surface area contributed by atoms with E-state index in [1.807, 2.05) is 39.9 Å². The summed E-state index contributed by atoms with van der Waals surface area (Å²) in [6.45, 7) is 7.11. The second-order valence-corrected chi connectivity index (χ2v) is 8.78. The quantitative estimate of drug-likeness (QED) is 0.433. The first kappa shape index (κ1) is 22.0. The Balaban J connectivity index is 1.44. The van der Waals surface area contributed by atoms with Gasteiger partial charge in [0.25, 0.3) is 5.91 Å². The average molecular weight is 460 g/mol. The normalized spacial score (nSPS) is 14.6. The number of fused-ring (bicyclic) bond motifs is 1. The van der Waals surface area contributed by atoms with Crippen molar-refractivity contribution in [3.8, 4) is 17.2 Å². The van der Waals surface area contributed by atoms with Crippen LogP contribution in [0.4, 0.5) is 5.69 Å². The van der Waals surface area contributed by atoms with Crippen LogP contribution >= 0.6 is 0 Å². The third kappa shape index (κ3) is 4.11. The number of nitrogens with zero attached hydrogens (tertiary/aromatic N) is 5. The zero-order valence-electron chi connectivity index (χ0n) is 19.8. The Kier molecular flexibility index (Phi) is 5.96. The lowest BCUT2D eigenvalue weighted by molar-refractivity contribution is 0.0769. The van der Waals surface area contributed by atoms with Crippen LogP contribution in [0, 0.1) is 0 Å². The maximum atomic E-state index is 13.8. The van der Waals surface area contributed by atoms with Crippen LogP contribution in [-0.2, 0) is 0 Å². The van der Waals surface area contributed by atoms with Gasteiger partial charge in [-0.15, -0.1) is 0 Å². The van der Waals surface area contributed by atoms with Gasteiger partial charge in [-0.1, -0.05) is 0 Å². The Hall–Kier alpha value is -3.81. The van der Waals surface area contributed by atoms with Crippen molar-refractivity contribution in [2.24, 2.45) is 0 Å². The Morgan fingerprint density at radius 1 is 1.09 bits per heavy atom. The summed E-state index contributed by atoms with van der Waals surface area (Å²) < 4.78 is 12.7. The molecule has 0 unspecified atom stereocenters. The molecule has 1 fully saturated rings. The van der Waals surface area contributed by atoms with E-state index in [0.717, 1.165) is 36.3 Å². The van der Waals surface area contributed by atoms with Gasteiger partial charge >= 0.3 is 0 Å². The first-order chi connectivity index (χ1) is 16.5. The van der Waals surface area contributed by atoms with Crippen molar-refractivity contribution in [2.75, 3.05) is 38.2 Å². The molecule has 0 bridgehead atoms. The van der Waals surface area contributed by atoms with Crippen molar-refractivity contribution in [2.45, 2.75) is 26.3 Å². The molecular weight excluding hydrogens is 430 g/mol. The highest BCUT2D eigenvalue weighted by Gasteiger charge is 2.25. The van der Waals surface area contributed by atoms with Gasteiger partial charge in [0.1, 0.15) is 11.4 Å². The van der Waals surface area contributed by atoms with E-state index in [1.54, 1.807) is 19.6 Å². The van der Waals surface area contributed by atoms with Crippen molar-refractivity contribution < 1.29 is 13.9 Å². The van der Waals surface area contributed by atoms with E-state index in [2.05, 4.69) is 36.0 Å². The van der Waals surface area contributed by atoms with Crippen LogP contribution in [0.3, 0.4) is 0 Å². The molecule has 8 heteroatoms. The second kappa shape index (κ2) is 9.21. The number of hydrogen-bond acceptors (Lipinski definition) is 6. The minimum absolute atomic E-state index is 0.0000863. The van der Waals surface area contributed by atoms with E-state index >= 15 is 0 Å². The Morgan fingerprint density at radius 3 is 2.62 bits per heavy atom. The Morgan fingerprint density at radius 2 is 1.91 bits per heavy atom. The van der Waals surface area contributed by atoms with E-state index < -0.39 is 0 Å². The van der Waals surface area contributed by atoms with Gasteiger partial charge in [0.05, 0.1) is 30.5 Å². The maximum Gasteiger partial charge on any atom is 0.254 e. The van der Waals surface area contributed by atoms with Gasteiger partial charge < -0.3 is 19.0 Å². The molecule has 0 saturated carbocycles. The molecule has 1 saturated heterocycles. The lowest BCUT2D eigenvalue weighted by Crippen LogP contribution is -2.35. The number of anilines is 1. The predicted octanol–water partition coefficient (Wildman–Crippen LogP) is 4.63. The number of amides is 1. The molecule has 0 N–H and O–H groups in total. The zero-order valence-corrected chi connectivity index (χ0v) is 19.8. The first-order valence-corrected chi connectivity index (χ1v) is 11.7. The topological polar surface area (TPSA) is 76.6 Å². The molecule has 4 aromatic rings. The molecule has 8 nitrogen and oxygen atoms in total. The van der Waals surface area contributed by atoms with Gasteiger partial charge in [0.2, 0.25) is 0 Å². The number of carbonyl (C=O) groups is 1. The molecule has 3 aromatic heterocycles. The van der Waals surface area contributed by atoms with E-state index in [1.165, 1.54) is 0 Å². The van der Waals surface area contributed by atoms with Crippen LogP contribution in [0.2, 0.25) is 0 Å².